The van der Waals surface area contributed by atoms with Gasteiger partial charge in [-0.25, -0.2) is 0 Å². The Hall–Kier alpha value is -1.02. The maximum atomic E-state index is 10.8. The molecular weight excluding hydrogens is 204 g/mol. The van der Waals surface area contributed by atoms with Crippen molar-refractivity contribution < 1.29 is 4.79 Å². The topological polar surface area (TPSA) is 17.1 Å². The van der Waals surface area contributed by atoms with E-state index < -0.39 is 0 Å². The fourth-order valence-corrected chi connectivity index (χ4v) is 1.57. The molecule has 0 unspecified atom stereocenters. The number of carbonyl (C=O) groups excluding carboxylic acids is 1. The molecule has 0 amide bonds. The summed E-state index contributed by atoms with van der Waals surface area (Å²) in [5.41, 5.74) is 2.98. The Labute approximate surface area is 96.5 Å². The van der Waals surface area contributed by atoms with Gasteiger partial charge >= 0.3 is 0 Å². The minimum absolute atomic E-state index is 0.416. The number of aldehydes is 1. The number of carbonyl (C=O) groups is 1. The van der Waals surface area contributed by atoms with Crippen molar-refractivity contribution in [1.29, 1.82) is 0 Å². The average Bonchev–Trinajstić information content (AvgIpc) is 2.21. The molecule has 0 spiro atoms. The van der Waals surface area contributed by atoms with Gasteiger partial charge < -0.3 is 0 Å². The van der Waals surface area contributed by atoms with E-state index in [0.29, 0.717) is 5.92 Å². The quantitative estimate of drug-likeness (QED) is 0.571. The van der Waals surface area contributed by atoms with Crippen LogP contribution in [0.15, 0.2) is 18.2 Å². The van der Waals surface area contributed by atoms with Gasteiger partial charge in [0.15, 0.2) is 0 Å². The van der Waals surface area contributed by atoms with Gasteiger partial charge in [0.1, 0.15) is 6.29 Å². The largest absolute Gasteiger partial charge is 0.298 e. The molecule has 0 fully saturated rings. The van der Waals surface area contributed by atoms with E-state index in [1.54, 1.807) is 0 Å². The summed E-state index contributed by atoms with van der Waals surface area (Å²) in [6.45, 7) is 6.17. The van der Waals surface area contributed by atoms with Gasteiger partial charge in [-0.05, 0) is 28.8 Å². The first-order chi connectivity index (χ1) is 7.06. The molecule has 0 heterocycles. The Morgan fingerprint density at radius 2 is 2.13 bits per heavy atom. The summed E-state index contributed by atoms with van der Waals surface area (Å²) in [7, 11) is 0. The maximum Gasteiger partial charge on any atom is 0.150 e. The third-order valence-corrected chi connectivity index (χ3v) is 3.24. The molecule has 0 atom stereocenters. The standard InChI is InChI=1S/C13H16OS/c1-9(2)13(15)7-11-5-4-6-12(8-14)10(11)3/h4-6,8-9H,7H2,1-3H3. The van der Waals surface area contributed by atoms with E-state index in [4.69, 9.17) is 12.2 Å². The highest BCUT2D eigenvalue weighted by Gasteiger charge is 2.08. The summed E-state index contributed by atoms with van der Waals surface area (Å²) in [5.74, 6) is 0.416. The Bertz CT molecular complexity index is 380. The van der Waals surface area contributed by atoms with Crippen LogP contribution in [0.3, 0.4) is 0 Å². The molecule has 80 valence electrons. The van der Waals surface area contributed by atoms with Crippen molar-refractivity contribution in [1.82, 2.24) is 0 Å². The Balaban J connectivity index is 2.95. The molecule has 0 saturated carbocycles. The third-order valence-electron chi connectivity index (χ3n) is 2.62. The SMILES string of the molecule is Cc1c(C=O)cccc1CC(=S)C(C)C. The highest BCUT2D eigenvalue weighted by atomic mass is 32.1. The third kappa shape index (κ3) is 2.96. The van der Waals surface area contributed by atoms with Crippen LogP contribution in [0.4, 0.5) is 0 Å². The molecule has 0 aliphatic carbocycles. The molecule has 0 saturated heterocycles. The second kappa shape index (κ2) is 5.17. The number of benzene rings is 1. The minimum Gasteiger partial charge on any atom is -0.298 e. The molecule has 1 nitrogen and oxygen atoms in total. The van der Waals surface area contributed by atoms with E-state index in [9.17, 15) is 4.79 Å². The Morgan fingerprint density at radius 1 is 1.47 bits per heavy atom. The maximum absolute atomic E-state index is 10.8. The van der Waals surface area contributed by atoms with Crippen molar-refractivity contribution in [2.45, 2.75) is 27.2 Å². The smallest absolute Gasteiger partial charge is 0.150 e. The first kappa shape index (κ1) is 12.1. The van der Waals surface area contributed by atoms with Gasteiger partial charge in [-0.15, -0.1) is 0 Å². The van der Waals surface area contributed by atoms with Crippen molar-refractivity contribution in [3.05, 3.63) is 34.9 Å². The zero-order valence-corrected chi connectivity index (χ0v) is 10.2. The van der Waals surface area contributed by atoms with Crippen LogP contribution < -0.4 is 0 Å². The molecule has 0 radical (unpaired) electrons. The second-order valence-electron chi connectivity index (χ2n) is 4.05. The molecule has 2 heteroatoms. The van der Waals surface area contributed by atoms with Crippen molar-refractivity contribution >= 4 is 23.4 Å². The first-order valence-electron chi connectivity index (χ1n) is 5.12. The predicted octanol–water partition coefficient (Wildman–Crippen LogP) is 3.38. The molecule has 0 aliphatic heterocycles. The summed E-state index contributed by atoms with van der Waals surface area (Å²) in [6, 6.07) is 5.79. The summed E-state index contributed by atoms with van der Waals surface area (Å²) in [6.07, 6.45) is 1.69. The fourth-order valence-electron chi connectivity index (χ4n) is 1.41. The number of hydrogen-bond donors (Lipinski definition) is 0. The van der Waals surface area contributed by atoms with Gasteiger partial charge in [-0.2, -0.15) is 0 Å². The van der Waals surface area contributed by atoms with Crippen molar-refractivity contribution in [2.24, 2.45) is 5.92 Å². The molecule has 0 N–H and O–H groups in total. The number of hydrogen-bond acceptors (Lipinski definition) is 2. The van der Waals surface area contributed by atoms with E-state index in [1.165, 1.54) is 5.56 Å². The number of rotatable bonds is 4. The summed E-state index contributed by atoms with van der Waals surface area (Å²) in [4.78, 5) is 11.8. The van der Waals surface area contributed by atoms with Crippen LogP contribution in [0.1, 0.15) is 35.3 Å². The summed E-state index contributed by atoms with van der Waals surface area (Å²) >= 11 is 5.31. The molecule has 0 bridgehead atoms. The zero-order valence-electron chi connectivity index (χ0n) is 9.41. The molecule has 0 aliphatic rings. The van der Waals surface area contributed by atoms with E-state index in [0.717, 1.165) is 28.7 Å². The van der Waals surface area contributed by atoms with Gasteiger partial charge in [-0.1, -0.05) is 44.3 Å². The normalized spacial score (nSPS) is 10.4. The lowest BCUT2D eigenvalue weighted by Gasteiger charge is -2.10. The highest BCUT2D eigenvalue weighted by molar-refractivity contribution is 7.80. The van der Waals surface area contributed by atoms with Gasteiger partial charge in [0.05, 0.1) is 0 Å². The number of thiocarbonyl (C=S) groups is 1. The van der Waals surface area contributed by atoms with Crippen LogP contribution in [-0.4, -0.2) is 11.2 Å². The van der Waals surface area contributed by atoms with Gasteiger partial charge in [0, 0.05) is 12.0 Å². The van der Waals surface area contributed by atoms with E-state index >= 15 is 0 Å². The lowest BCUT2D eigenvalue weighted by atomic mass is 9.96. The van der Waals surface area contributed by atoms with E-state index in [1.807, 2.05) is 25.1 Å². The van der Waals surface area contributed by atoms with Crippen LogP contribution >= 0.6 is 12.2 Å². The van der Waals surface area contributed by atoms with Gasteiger partial charge in [-0.3, -0.25) is 4.79 Å². The van der Waals surface area contributed by atoms with Crippen LogP contribution in [0.25, 0.3) is 0 Å². The molecular formula is C13H16OS. The Morgan fingerprint density at radius 3 is 2.67 bits per heavy atom. The second-order valence-corrected chi connectivity index (χ2v) is 4.57. The first-order valence-corrected chi connectivity index (χ1v) is 5.53. The van der Waals surface area contributed by atoms with Crippen LogP contribution in [0.5, 0.6) is 0 Å². The molecule has 1 aromatic rings. The lowest BCUT2D eigenvalue weighted by molar-refractivity contribution is 0.112. The lowest BCUT2D eigenvalue weighted by Crippen LogP contribution is -2.09. The van der Waals surface area contributed by atoms with Crippen molar-refractivity contribution in [2.75, 3.05) is 0 Å². The fraction of sp³-hybridized carbons (Fsp3) is 0.385. The summed E-state index contributed by atoms with van der Waals surface area (Å²) < 4.78 is 0. The molecule has 1 aromatic carbocycles. The molecule has 15 heavy (non-hydrogen) atoms. The highest BCUT2D eigenvalue weighted by Crippen LogP contribution is 2.15. The predicted molar refractivity (Wildman–Crippen MR) is 67.7 cm³/mol. The Kier molecular flexibility index (Phi) is 4.15. The van der Waals surface area contributed by atoms with Crippen LogP contribution in [0, 0.1) is 12.8 Å². The average molecular weight is 220 g/mol. The van der Waals surface area contributed by atoms with Gasteiger partial charge in [0.2, 0.25) is 0 Å². The van der Waals surface area contributed by atoms with E-state index in [2.05, 4.69) is 13.8 Å². The molecule has 1 rings (SSSR count). The van der Waals surface area contributed by atoms with Crippen LogP contribution in [-0.2, 0) is 6.42 Å². The zero-order chi connectivity index (χ0) is 11.4. The van der Waals surface area contributed by atoms with Gasteiger partial charge in [0.25, 0.3) is 0 Å². The van der Waals surface area contributed by atoms with Crippen LogP contribution in [0.2, 0.25) is 0 Å². The van der Waals surface area contributed by atoms with E-state index in [-0.39, 0.29) is 0 Å². The minimum atomic E-state index is 0.416. The van der Waals surface area contributed by atoms with Crippen molar-refractivity contribution in [3.8, 4) is 0 Å². The van der Waals surface area contributed by atoms with Crippen molar-refractivity contribution in [3.63, 3.8) is 0 Å². The summed E-state index contributed by atoms with van der Waals surface area (Å²) in [5, 5.41) is 0. The monoisotopic (exact) mass is 220 g/mol. The molecule has 0 aromatic heterocycles.